The van der Waals surface area contributed by atoms with Gasteiger partial charge in [0.15, 0.2) is 5.78 Å². The van der Waals surface area contributed by atoms with Gasteiger partial charge in [0.1, 0.15) is 6.07 Å². The third kappa shape index (κ3) is 1.85. The molecule has 1 aliphatic heterocycles. The number of fused-ring (bicyclic) bond motifs is 1. The van der Waals surface area contributed by atoms with Crippen molar-refractivity contribution in [2.24, 2.45) is 16.7 Å². The Labute approximate surface area is 121 Å². The Kier molecular flexibility index (Phi) is 3.06. The van der Waals surface area contributed by atoms with Crippen molar-refractivity contribution >= 4 is 5.78 Å². The van der Waals surface area contributed by atoms with Crippen LogP contribution in [-0.2, 0) is 4.79 Å². The molecule has 0 unspecified atom stereocenters. The molecule has 1 saturated heterocycles. The molecule has 0 spiro atoms. The quantitative estimate of drug-likeness (QED) is 0.737. The van der Waals surface area contributed by atoms with E-state index in [0.29, 0.717) is 11.5 Å². The molecule has 20 heavy (non-hydrogen) atoms. The molecule has 3 heteroatoms. The van der Waals surface area contributed by atoms with Crippen LogP contribution in [0.5, 0.6) is 0 Å². The van der Waals surface area contributed by atoms with Gasteiger partial charge in [-0.2, -0.15) is 5.26 Å². The molecule has 0 aromatic rings. The van der Waals surface area contributed by atoms with E-state index in [4.69, 9.17) is 0 Å². The smallest absolute Gasteiger partial charge is 0.178 e. The molecule has 0 bridgehead atoms. The lowest BCUT2D eigenvalue weighted by Crippen LogP contribution is -2.58. The summed E-state index contributed by atoms with van der Waals surface area (Å²) in [5.41, 5.74) is -0.0551. The monoisotopic (exact) mass is 272 g/mol. The zero-order chi connectivity index (χ0) is 14.5. The minimum atomic E-state index is -0.403. The van der Waals surface area contributed by atoms with Crippen molar-refractivity contribution in [1.29, 1.82) is 5.26 Å². The fourth-order valence-electron chi connectivity index (χ4n) is 4.63. The minimum absolute atomic E-state index is 0.0314. The van der Waals surface area contributed by atoms with E-state index < -0.39 is 5.41 Å². The molecule has 2 atom stereocenters. The van der Waals surface area contributed by atoms with Crippen LogP contribution < -0.4 is 0 Å². The number of carbonyl (C=O) groups excluding carboxylic acids is 1. The Bertz CT molecular complexity index is 510. The maximum Gasteiger partial charge on any atom is 0.178 e. The Hall–Kier alpha value is -1.14. The number of allylic oxidation sites excluding steroid dienone is 1. The molecule has 0 aromatic heterocycles. The van der Waals surface area contributed by atoms with Crippen molar-refractivity contribution in [3.63, 3.8) is 0 Å². The number of ketones is 1. The standard InChI is InChI=1S/C17H24N2O/c1-16(2)14-7-8-19(13-5-4-6-13)11-17(14,3)9-12(10-18)15(16)20/h9,13-14H,4-8,11H2,1-3H3/t14-,17+/m1/s1. The molecule has 1 saturated carbocycles. The van der Waals surface area contributed by atoms with Crippen LogP contribution in [0.4, 0.5) is 0 Å². The average molecular weight is 272 g/mol. The number of carbonyl (C=O) groups is 1. The van der Waals surface area contributed by atoms with Crippen molar-refractivity contribution in [3.05, 3.63) is 11.6 Å². The predicted molar refractivity (Wildman–Crippen MR) is 77.9 cm³/mol. The van der Waals surface area contributed by atoms with E-state index in [1.807, 2.05) is 19.9 Å². The van der Waals surface area contributed by atoms with Crippen LogP contribution in [0.3, 0.4) is 0 Å². The van der Waals surface area contributed by atoms with E-state index in [1.54, 1.807) is 0 Å². The lowest BCUT2D eigenvalue weighted by molar-refractivity contribution is -0.133. The van der Waals surface area contributed by atoms with Gasteiger partial charge in [0, 0.05) is 23.4 Å². The number of nitrogens with zero attached hydrogens (tertiary/aromatic N) is 2. The van der Waals surface area contributed by atoms with Crippen LogP contribution in [0.2, 0.25) is 0 Å². The van der Waals surface area contributed by atoms with E-state index in [2.05, 4.69) is 17.9 Å². The first-order valence-corrected chi connectivity index (χ1v) is 7.80. The van der Waals surface area contributed by atoms with Crippen LogP contribution in [0, 0.1) is 28.1 Å². The fourth-order valence-corrected chi connectivity index (χ4v) is 4.63. The molecular formula is C17H24N2O. The average Bonchev–Trinajstić information content (AvgIpc) is 2.31. The third-order valence-electron chi connectivity index (χ3n) is 5.93. The Morgan fingerprint density at radius 2 is 2.00 bits per heavy atom. The number of rotatable bonds is 1. The topological polar surface area (TPSA) is 44.1 Å². The highest BCUT2D eigenvalue weighted by molar-refractivity contribution is 6.04. The molecule has 1 heterocycles. The van der Waals surface area contributed by atoms with Crippen LogP contribution in [-0.4, -0.2) is 29.8 Å². The summed E-state index contributed by atoms with van der Waals surface area (Å²) in [6.07, 6.45) is 7.04. The number of likely N-dealkylation sites (tertiary alicyclic amines) is 1. The summed E-state index contributed by atoms with van der Waals surface area (Å²) in [6.45, 7) is 8.42. The fraction of sp³-hybridized carbons (Fsp3) is 0.765. The molecule has 0 N–H and O–H groups in total. The van der Waals surface area contributed by atoms with Crippen molar-refractivity contribution in [1.82, 2.24) is 4.90 Å². The highest BCUT2D eigenvalue weighted by Crippen LogP contribution is 2.52. The maximum absolute atomic E-state index is 12.5. The first-order valence-electron chi connectivity index (χ1n) is 7.80. The van der Waals surface area contributed by atoms with Crippen molar-refractivity contribution in [2.45, 2.75) is 52.5 Å². The maximum atomic E-state index is 12.5. The van der Waals surface area contributed by atoms with Gasteiger partial charge in [-0.15, -0.1) is 0 Å². The number of hydrogen-bond donors (Lipinski definition) is 0. The highest BCUT2D eigenvalue weighted by atomic mass is 16.1. The molecule has 3 aliphatic rings. The predicted octanol–water partition coefficient (Wildman–Crippen LogP) is 2.93. The van der Waals surface area contributed by atoms with Crippen molar-refractivity contribution < 1.29 is 4.79 Å². The van der Waals surface area contributed by atoms with Gasteiger partial charge in [-0.25, -0.2) is 0 Å². The van der Waals surface area contributed by atoms with Crippen LogP contribution in [0.25, 0.3) is 0 Å². The van der Waals surface area contributed by atoms with Gasteiger partial charge in [-0.1, -0.05) is 33.3 Å². The first-order chi connectivity index (χ1) is 9.38. The minimum Gasteiger partial charge on any atom is -0.300 e. The summed E-state index contributed by atoms with van der Waals surface area (Å²) >= 11 is 0. The Balaban J connectivity index is 1.94. The van der Waals surface area contributed by atoms with Gasteiger partial charge in [-0.3, -0.25) is 9.69 Å². The molecule has 3 nitrogen and oxygen atoms in total. The number of nitriles is 1. The zero-order valence-corrected chi connectivity index (χ0v) is 12.8. The van der Waals surface area contributed by atoms with Crippen LogP contribution in [0.15, 0.2) is 11.6 Å². The third-order valence-corrected chi connectivity index (χ3v) is 5.93. The van der Waals surface area contributed by atoms with Crippen LogP contribution >= 0.6 is 0 Å². The SMILES string of the molecule is CC1(C)C(=O)C(C#N)=C[C@@]2(C)CN(C3CCC3)CC[C@H]12. The molecule has 0 aromatic carbocycles. The summed E-state index contributed by atoms with van der Waals surface area (Å²) in [7, 11) is 0. The summed E-state index contributed by atoms with van der Waals surface area (Å²) < 4.78 is 0. The van der Waals surface area contributed by atoms with E-state index in [-0.39, 0.29) is 11.2 Å². The molecular weight excluding hydrogens is 248 g/mol. The normalized spacial score (nSPS) is 37.6. The van der Waals surface area contributed by atoms with Gasteiger partial charge in [0.05, 0.1) is 5.57 Å². The van der Waals surface area contributed by atoms with E-state index in [0.717, 1.165) is 25.6 Å². The van der Waals surface area contributed by atoms with Gasteiger partial charge in [0.25, 0.3) is 0 Å². The van der Waals surface area contributed by atoms with Gasteiger partial charge in [-0.05, 0) is 31.7 Å². The summed E-state index contributed by atoms with van der Waals surface area (Å²) in [6, 6.07) is 2.88. The van der Waals surface area contributed by atoms with Crippen LogP contribution in [0.1, 0.15) is 46.5 Å². The highest BCUT2D eigenvalue weighted by Gasteiger charge is 2.53. The molecule has 2 aliphatic carbocycles. The van der Waals surface area contributed by atoms with E-state index >= 15 is 0 Å². The Morgan fingerprint density at radius 3 is 2.55 bits per heavy atom. The summed E-state index contributed by atoms with van der Waals surface area (Å²) in [5, 5.41) is 9.28. The molecule has 2 fully saturated rings. The second kappa shape index (κ2) is 4.43. The van der Waals surface area contributed by atoms with Crippen molar-refractivity contribution in [2.75, 3.05) is 13.1 Å². The molecule has 0 radical (unpaired) electrons. The second-order valence-corrected chi connectivity index (χ2v) is 7.62. The number of hydrogen-bond acceptors (Lipinski definition) is 3. The summed E-state index contributed by atoms with van der Waals surface area (Å²) in [4.78, 5) is 15.0. The number of piperidine rings is 1. The van der Waals surface area contributed by atoms with Crippen molar-refractivity contribution in [3.8, 4) is 6.07 Å². The van der Waals surface area contributed by atoms with Gasteiger partial charge < -0.3 is 0 Å². The largest absolute Gasteiger partial charge is 0.300 e. The number of Topliss-reactive ketones (excluding diaryl/α,β-unsaturated/α-hetero) is 1. The summed E-state index contributed by atoms with van der Waals surface area (Å²) in [5.74, 6) is 0.399. The molecule has 108 valence electrons. The lowest BCUT2D eigenvalue weighted by atomic mass is 9.54. The van der Waals surface area contributed by atoms with E-state index in [1.165, 1.54) is 19.3 Å². The van der Waals surface area contributed by atoms with E-state index in [9.17, 15) is 10.1 Å². The molecule has 0 amide bonds. The zero-order valence-electron chi connectivity index (χ0n) is 12.8. The second-order valence-electron chi connectivity index (χ2n) is 7.62. The van der Waals surface area contributed by atoms with Gasteiger partial charge in [0.2, 0.25) is 0 Å². The van der Waals surface area contributed by atoms with Gasteiger partial charge >= 0.3 is 0 Å². The first kappa shape index (κ1) is 13.8. The Morgan fingerprint density at radius 1 is 1.30 bits per heavy atom. The lowest BCUT2D eigenvalue weighted by Gasteiger charge is -2.55. The molecule has 3 rings (SSSR count).